The van der Waals surface area contributed by atoms with Gasteiger partial charge in [0, 0.05) is 19.2 Å². The van der Waals surface area contributed by atoms with Gasteiger partial charge in [-0.3, -0.25) is 10.1 Å². The van der Waals surface area contributed by atoms with E-state index in [-0.39, 0.29) is 5.69 Å². The lowest BCUT2D eigenvalue weighted by Gasteiger charge is -2.33. The van der Waals surface area contributed by atoms with E-state index in [1.165, 1.54) is 18.7 Å². The predicted octanol–water partition coefficient (Wildman–Crippen LogP) is 1.43. The zero-order valence-corrected chi connectivity index (χ0v) is 10.5. The van der Waals surface area contributed by atoms with Gasteiger partial charge in [0.2, 0.25) is 0 Å². The summed E-state index contributed by atoms with van der Waals surface area (Å²) < 4.78 is 0. The molecule has 1 N–H and O–H groups in total. The van der Waals surface area contributed by atoms with Crippen LogP contribution in [0.2, 0.25) is 0 Å². The Morgan fingerprint density at radius 3 is 3.06 bits per heavy atom. The molecule has 0 bridgehead atoms. The second kappa shape index (κ2) is 5.77. The highest BCUT2D eigenvalue weighted by atomic mass is 16.6. The smallest absolute Gasteiger partial charge is 0.287 e. The highest BCUT2D eigenvalue weighted by Gasteiger charge is 2.20. The molecule has 1 fully saturated rings. The van der Waals surface area contributed by atoms with Crippen LogP contribution in [-0.4, -0.2) is 36.6 Å². The Morgan fingerprint density at radius 1 is 1.61 bits per heavy atom. The third-order valence-electron chi connectivity index (χ3n) is 3.28. The average Bonchev–Trinajstić information content (AvgIpc) is 2.39. The average molecular weight is 250 g/mol. The third-order valence-corrected chi connectivity index (χ3v) is 3.28. The van der Waals surface area contributed by atoms with E-state index in [0.29, 0.717) is 5.92 Å². The normalized spacial score (nSPS) is 19.8. The summed E-state index contributed by atoms with van der Waals surface area (Å²) in [6.07, 6.45) is 3.70. The molecule has 1 aromatic heterocycles. The van der Waals surface area contributed by atoms with Gasteiger partial charge in [-0.15, -0.1) is 0 Å². The number of aromatic nitrogens is 1. The SMILES string of the molecule is CNCC1CCCN(c2ccc([N+](=O)[O-])cn2)C1. The maximum absolute atomic E-state index is 10.6. The third kappa shape index (κ3) is 2.95. The molecular formula is C12H18N4O2. The minimum Gasteiger partial charge on any atom is -0.356 e. The summed E-state index contributed by atoms with van der Waals surface area (Å²) >= 11 is 0. The van der Waals surface area contributed by atoms with E-state index in [0.717, 1.165) is 31.9 Å². The van der Waals surface area contributed by atoms with Crippen molar-refractivity contribution in [3.05, 3.63) is 28.4 Å². The molecule has 1 aliphatic heterocycles. The second-order valence-corrected chi connectivity index (χ2v) is 4.64. The molecule has 2 rings (SSSR count). The lowest BCUT2D eigenvalue weighted by molar-refractivity contribution is -0.385. The number of hydrogen-bond donors (Lipinski definition) is 1. The summed E-state index contributed by atoms with van der Waals surface area (Å²) in [5.41, 5.74) is 0.0440. The van der Waals surface area contributed by atoms with Crippen LogP contribution in [0.3, 0.4) is 0 Å². The van der Waals surface area contributed by atoms with E-state index in [1.807, 2.05) is 7.05 Å². The van der Waals surface area contributed by atoms with E-state index in [4.69, 9.17) is 0 Å². The van der Waals surface area contributed by atoms with Gasteiger partial charge in [0.25, 0.3) is 5.69 Å². The van der Waals surface area contributed by atoms with Gasteiger partial charge in [0.05, 0.1) is 4.92 Å². The van der Waals surface area contributed by atoms with E-state index in [2.05, 4.69) is 15.2 Å². The van der Waals surface area contributed by atoms with Crippen LogP contribution in [0.25, 0.3) is 0 Å². The monoisotopic (exact) mass is 250 g/mol. The van der Waals surface area contributed by atoms with Crippen LogP contribution in [0.4, 0.5) is 11.5 Å². The van der Waals surface area contributed by atoms with Gasteiger partial charge in [-0.05, 0) is 38.4 Å². The maximum atomic E-state index is 10.6. The molecule has 0 spiro atoms. The molecule has 6 nitrogen and oxygen atoms in total. The Kier molecular flexibility index (Phi) is 4.09. The summed E-state index contributed by atoms with van der Waals surface area (Å²) in [7, 11) is 1.96. The van der Waals surface area contributed by atoms with Crippen LogP contribution < -0.4 is 10.2 Å². The first-order valence-corrected chi connectivity index (χ1v) is 6.20. The largest absolute Gasteiger partial charge is 0.356 e. The summed E-state index contributed by atoms with van der Waals surface area (Å²) in [6.45, 7) is 2.94. The highest BCUT2D eigenvalue weighted by Crippen LogP contribution is 2.22. The van der Waals surface area contributed by atoms with Crippen molar-refractivity contribution in [3.63, 3.8) is 0 Å². The number of piperidine rings is 1. The summed E-state index contributed by atoms with van der Waals surface area (Å²) in [5, 5.41) is 13.8. The molecule has 6 heteroatoms. The van der Waals surface area contributed by atoms with Crippen molar-refractivity contribution < 1.29 is 4.92 Å². The van der Waals surface area contributed by atoms with Crippen LogP contribution in [0.5, 0.6) is 0 Å². The Balaban J connectivity index is 2.04. The molecule has 1 saturated heterocycles. The second-order valence-electron chi connectivity index (χ2n) is 4.64. The maximum Gasteiger partial charge on any atom is 0.287 e. The number of nitrogens with zero attached hydrogens (tertiary/aromatic N) is 3. The van der Waals surface area contributed by atoms with Gasteiger partial charge >= 0.3 is 0 Å². The van der Waals surface area contributed by atoms with E-state index < -0.39 is 4.92 Å². The van der Waals surface area contributed by atoms with Crippen molar-refractivity contribution in [1.82, 2.24) is 10.3 Å². The molecule has 0 amide bonds. The Bertz CT molecular complexity index is 405. The zero-order valence-electron chi connectivity index (χ0n) is 10.5. The number of nitro groups is 1. The topological polar surface area (TPSA) is 71.3 Å². The number of rotatable bonds is 4. The Labute approximate surface area is 106 Å². The molecule has 0 aliphatic carbocycles. The number of hydrogen-bond acceptors (Lipinski definition) is 5. The Morgan fingerprint density at radius 2 is 2.44 bits per heavy atom. The van der Waals surface area contributed by atoms with Gasteiger partial charge < -0.3 is 10.2 Å². The molecule has 98 valence electrons. The lowest BCUT2D eigenvalue weighted by Crippen LogP contribution is -2.39. The highest BCUT2D eigenvalue weighted by molar-refractivity contribution is 5.43. The van der Waals surface area contributed by atoms with Gasteiger partial charge in [-0.2, -0.15) is 0 Å². The minimum absolute atomic E-state index is 0.0440. The molecule has 0 aromatic carbocycles. The molecule has 1 aliphatic rings. The number of anilines is 1. The Hall–Kier alpha value is -1.69. The summed E-state index contributed by atoms with van der Waals surface area (Å²) in [5.74, 6) is 1.46. The molecular weight excluding hydrogens is 232 g/mol. The fraction of sp³-hybridized carbons (Fsp3) is 0.583. The first-order valence-electron chi connectivity index (χ1n) is 6.20. The van der Waals surface area contributed by atoms with Gasteiger partial charge in [0.15, 0.2) is 0 Å². The van der Waals surface area contributed by atoms with E-state index in [1.54, 1.807) is 6.07 Å². The van der Waals surface area contributed by atoms with Crippen molar-refractivity contribution in [2.45, 2.75) is 12.8 Å². The quantitative estimate of drug-likeness (QED) is 0.646. The van der Waals surface area contributed by atoms with Crippen LogP contribution in [0.1, 0.15) is 12.8 Å². The van der Waals surface area contributed by atoms with Crippen molar-refractivity contribution in [1.29, 1.82) is 0 Å². The minimum atomic E-state index is -0.420. The van der Waals surface area contributed by atoms with Gasteiger partial charge in [-0.25, -0.2) is 4.98 Å². The summed E-state index contributed by atoms with van der Waals surface area (Å²) in [6, 6.07) is 3.25. The number of nitrogens with one attached hydrogen (secondary N) is 1. The van der Waals surface area contributed by atoms with Gasteiger partial charge in [-0.1, -0.05) is 0 Å². The van der Waals surface area contributed by atoms with Crippen molar-refractivity contribution >= 4 is 11.5 Å². The fourth-order valence-corrected chi connectivity index (χ4v) is 2.40. The van der Waals surface area contributed by atoms with Crippen molar-refractivity contribution in [3.8, 4) is 0 Å². The molecule has 18 heavy (non-hydrogen) atoms. The molecule has 2 heterocycles. The van der Waals surface area contributed by atoms with E-state index >= 15 is 0 Å². The van der Waals surface area contributed by atoms with Crippen LogP contribution in [-0.2, 0) is 0 Å². The van der Waals surface area contributed by atoms with E-state index in [9.17, 15) is 10.1 Å². The number of pyridine rings is 1. The first kappa shape index (κ1) is 12.8. The first-order chi connectivity index (χ1) is 8.70. The molecule has 1 atom stereocenters. The molecule has 1 unspecified atom stereocenters. The van der Waals surface area contributed by atoms with Crippen LogP contribution >= 0.6 is 0 Å². The molecule has 1 aromatic rings. The van der Waals surface area contributed by atoms with Crippen molar-refractivity contribution in [2.24, 2.45) is 5.92 Å². The van der Waals surface area contributed by atoms with Crippen LogP contribution in [0, 0.1) is 16.0 Å². The molecule has 0 saturated carbocycles. The van der Waals surface area contributed by atoms with Crippen LogP contribution in [0.15, 0.2) is 18.3 Å². The molecule has 0 radical (unpaired) electrons. The fourth-order valence-electron chi connectivity index (χ4n) is 2.40. The standard InChI is InChI=1S/C12H18N4O2/c1-13-7-10-3-2-6-15(9-10)12-5-4-11(8-14-12)16(17)18/h4-5,8,10,13H,2-3,6-7,9H2,1H3. The lowest BCUT2D eigenvalue weighted by atomic mass is 9.98. The summed E-state index contributed by atoms with van der Waals surface area (Å²) in [4.78, 5) is 16.5. The van der Waals surface area contributed by atoms with Crippen molar-refractivity contribution in [2.75, 3.05) is 31.6 Å². The predicted molar refractivity (Wildman–Crippen MR) is 69.8 cm³/mol. The zero-order chi connectivity index (χ0) is 13.0. The van der Waals surface area contributed by atoms with Gasteiger partial charge in [0.1, 0.15) is 12.0 Å².